The number of aryl methyl sites for hydroxylation is 1. The Morgan fingerprint density at radius 3 is 2.81 bits per heavy atom. The lowest BCUT2D eigenvalue weighted by atomic mass is 10.1. The van der Waals surface area contributed by atoms with Gasteiger partial charge in [-0.25, -0.2) is 9.97 Å². The summed E-state index contributed by atoms with van der Waals surface area (Å²) >= 11 is 1.38. The highest BCUT2D eigenvalue weighted by molar-refractivity contribution is 7.99. The van der Waals surface area contributed by atoms with E-state index in [4.69, 9.17) is 0 Å². The van der Waals surface area contributed by atoms with Gasteiger partial charge in [0.15, 0.2) is 5.16 Å². The maximum absolute atomic E-state index is 11.5. The van der Waals surface area contributed by atoms with Crippen molar-refractivity contribution in [2.24, 2.45) is 0 Å². The van der Waals surface area contributed by atoms with Crippen molar-refractivity contribution in [3.63, 3.8) is 0 Å². The second kappa shape index (κ2) is 6.41. The molecule has 0 amide bonds. The zero-order chi connectivity index (χ0) is 15.5. The Morgan fingerprint density at radius 1 is 1.38 bits per heavy atom. The minimum absolute atomic E-state index is 0.0354. The first-order valence-electron chi connectivity index (χ1n) is 6.78. The first-order chi connectivity index (χ1) is 9.83. The molecule has 2 aromatic rings. The quantitative estimate of drug-likeness (QED) is 0.849. The van der Waals surface area contributed by atoms with Crippen LogP contribution in [-0.4, -0.2) is 20.5 Å². The van der Waals surface area contributed by atoms with Gasteiger partial charge in [0, 0.05) is 30.0 Å². The highest BCUT2D eigenvalue weighted by Crippen LogP contribution is 2.25. The summed E-state index contributed by atoms with van der Waals surface area (Å²) in [5.41, 5.74) is 1.68. The maximum atomic E-state index is 11.5. The van der Waals surface area contributed by atoms with Crippen LogP contribution >= 0.6 is 11.8 Å². The molecule has 112 valence electrons. The van der Waals surface area contributed by atoms with E-state index in [2.05, 4.69) is 41.0 Å². The SMILES string of the molecule is Cc1cc(=O)[nH]c(Sc2ncccc2CNC(C)(C)C)n1. The van der Waals surface area contributed by atoms with Gasteiger partial charge in [0.2, 0.25) is 0 Å². The van der Waals surface area contributed by atoms with Crippen molar-refractivity contribution < 1.29 is 0 Å². The predicted molar refractivity (Wildman–Crippen MR) is 84.5 cm³/mol. The summed E-state index contributed by atoms with van der Waals surface area (Å²) in [7, 11) is 0. The van der Waals surface area contributed by atoms with E-state index in [1.165, 1.54) is 17.8 Å². The fourth-order valence-corrected chi connectivity index (χ4v) is 2.61. The number of aromatic amines is 1. The summed E-state index contributed by atoms with van der Waals surface area (Å²) in [5, 5.41) is 4.86. The van der Waals surface area contributed by atoms with Crippen molar-refractivity contribution in [1.82, 2.24) is 20.3 Å². The van der Waals surface area contributed by atoms with Crippen LogP contribution in [0.15, 0.2) is 39.4 Å². The Hall–Kier alpha value is -1.66. The molecule has 21 heavy (non-hydrogen) atoms. The largest absolute Gasteiger partial charge is 0.308 e. The van der Waals surface area contributed by atoms with Gasteiger partial charge in [0.1, 0.15) is 5.03 Å². The van der Waals surface area contributed by atoms with Gasteiger partial charge in [0.25, 0.3) is 5.56 Å². The van der Waals surface area contributed by atoms with E-state index in [0.717, 1.165) is 17.1 Å². The van der Waals surface area contributed by atoms with E-state index in [1.807, 2.05) is 12.1 Å². The molecule has 0 saturated carbocycles. The standard InChI is InChI=1S/C15H20N4OS/c1-10-8-12(20)19-14(18-10)21-13-11(6-5-7-16-13)9-17-15(2,3)4/h5-8,17H,9H2,1-4H3,(H,18,19,20). The van der Waals surface area contributed by atoms with Crippen molar-refractivity contribution >= 4 is 11.8 Å². The molecule has 2 aromatic heterocycles. The lowest BCUT2D eigenvalue weighted by Gasteiger charge is -2.21. The summed E-state index contributed by atoms with van der Waals surface area (Å²) in [4.78, 5) is 23.0. The fourth-order valence-electron chi connectivity index (χ4n) is 1.70. The molecule has 0 aliphatic heterocycles. The number of pyridine rings is 1. The third-order valence-electron chi connectivity index (χ3n) is 2.70. The lowest BCUT2D eigenvalue weighted by molar-refractivity contribution is 0.422. The second-order valence-corrected chi connectivity index (χ2v) is 6.84. The number of H-pyrrole nitrogens is 1. The molecule has 0 saturated heterocycles. The maximum Gasteiger partial charge on any atom is 0.251 e. The molecule has 6 heteroatoms. The van der Waals surface area contributed by atoms with Gasteiger partial charge in [-0.1, -0.05) is 6.07 Å². The average Bonchev–Trinajstić information content (AvgIpc) is 2.35. The van der Waals surface area contributed by atoms with E-state index in [-0.39, 0.29) is 11.1 Å². The van der Waals surface area contributed by atoms with Gasteiger partial charge in [-0.15, -0.1) is 0 Å². The Morgan fingerprint density at radius 2 is 2.14 bits per heavy atom. The molecule has 0 aliphatic rings. The topological polar surface area (TPSA) is 70.7 Å². The molecule has 0 bridgehead atoms. The van der Waals surface area contributed by atoms with Gasteiger partial charge in [0.05, 0.1) is 0 Å². The Bertz CT molecular complexity index is 676. The van der Waals surface area contributed by atoms with Crippen LogP contribution in [0.25, 0.3) is 0 Å². The molecule has 0 spiro atoms. The van der Waals surface area contributed by atoms with Crippen LogP contribution in [-0.2, 0) is 6.54 Å². The van der Waals surface area contributed by atoms with Crippen LogP contribution in [0.4, 0.5) is 0 Å². The minimum Gasteiger partial charge on any atom is -0.308 e. The molecule has 2 rings (SSSR count). The van der Waals surface area contributed by atoms with Crippen molar-refractivity contribution in [3.05, 3.63) is 46.0 Å². The Balaban J connectivity index is 2.21. The molecule has 0 radical (unpaired) electrons. The van der Waals surface area contributed by atoms with Crippen molar-refractivity contribution in [2.45, 2.75) is 50.0 Å². The number of hydrogen-bond acceptors (Lipinski definition) is 5. The van der Waals surface area contributed by atoms with E-state index in [9.17, 15) is 4.79 Å². The van der Waals surface area contributed by atoms with Crippen LogP contribution in [0, 0.1) is 6.92 Å². The summed E-state index contributed by atoms with van der Waals surface area (Å²) in [6.45, 7) is 8.89. The van der Waals surface area contributed by atoms with E-state index in [0.29, 0.717) is 10.9 Å². The van der Waals surface area contributed by atoms with Crippen molar-refractivity contribution in [3.8, 4) is 0 Å². The Labute approximate surface area is 128 Å². The normalized spacial score (nSPS) is 11.6. The van der Waals surface area contributed by atoms with Crippen LogP contribution in [0.1, 0.15) is 32.0 Å². The van der Waals surface area contributed by atoms with Gasteiger partial charge in [-0.05, 0) is 51.1 Å². The third-order valence-corrected chi connectivity index (χ3v) is 3.65. The van der Waals surface area contributed by atoms with E-state index >= 15 is 0 Å². The monoisotopic (exact) mass is 304 g/mol. The predicted octanol–water partition coefficient (Wildman–Crippen LogP) is 2.51. The van der Waals surface area contributed by atoms with Gasteiger partial charge in [-0.3, -0.25) is 4.79 Å². The number of aromatic nitrogens is 3. The first-order valence-corrected chi connectivity index (χ1v) is 7.60. The highest BCUT2D eigenvalue weighted by Gasteiger charge is 2.12. The lowest BCUT2D eigenvalue weighted by Crippen LogP contribution is -2.35. The average molecular weight is 304 g/mol. The zero-order valence-electron chi connectivity index (χ0n) is 12.7. The molecular weight excluding hydrogens is 284 g/mol. The number of nitrogens with zero attached hydrogens (tertiary/aromatic N) is 2. The van der Waals surface area contributed by atoms with Crippen LogP contribution in [0.3, 0.4) is 0 Å². The molecule has 0 aliphatic carbocycles. The molecule has 2 heterocycles. The van der Waals surface area contributed by atoms with Crippen LogP contribution in [0.2, 0.25) is 0 Å². The third kappa shape index (κ3) is 4.99. The first kappa shape index (κ1) is 15.7. The highest BCUT2D eigenvalue weighted by atomic mass is 32.2. The van der Waals surface area contributed by atoms with Gasteiger partial charge >= 0.3 is 0 Å². The molecule has 0 atom stereocenters. The molecule has 2 N–H and O–H groups in total. The molecular formula is C15H20N4OS. The fraction of sp³-hybridized carbons (Fsp3) is 0.400. The second-order valence-electron chi connectivity index (χ2n) is 5.87. The number of rotatable bonds is 4. The zero-order valence-corrected chi connectivity index (χ0v) is 13.5. The number of hydrogen-bond donors (Lipinski definition) is 2. The summed E-state index contributed by atoms with van der Waals surface area (Å²) in [6.07, 6.45) is 1.75. The van der Waals surface area contributed by atoms with E-state index < -0.39 is 0 Å². The van der Waals surface area contributed by atoms with Gasteiger partial charge in [-0.2, -0.15) is 0 Å². The van der Waals surface area contributed by atoms with Crippen LogP contribution < -0.4 is 10.9 Å². The molecule has 0 fully saturated rings. The summed E-state index contributed by atoms with van der Waals surface area (Å²) in [5.74, 6) is 0. The number of nitrogens with one attached hydrogen (secondary N) is 2. The smallest absolute Gasteiger partial charge is 0.251 e. The van der Waals surface area contributed by atoms with Gasteiger partial charge < -0.3 is 10.3 Å². The van der Waals surface area contributed by atoms with Crippen molar-refractivity contribution in [1.29, 1.82) is 0 Å². The minimum atomic E-state index is -0.143. The Kier molecular flexibility index (Phi) is 4.80. The molecule has 0 unspecified atom stereocenters. The molecule has 5 nitrogen and oxygen atoms in total. The van der Waals surface area contributed by atoms with Crippen LogP contribution in [0.5, 0.6) is 0 Å². The summed E-state index contributed by atoms with van der Waals surface area (Å²) in [6, 6.07) is 5.42. The van der Waals surface area contributed by atoms with Crippen molar-refractivity contribution in [2.75, 3.05) is 0 Å². The molecule has 0 aromatic carbocycles. The van der Waals surface area contributed by atoms with E-state index in [1.54, 1.807) is 13.1 Å². The summed E-state index contributed by atoms with van der Waals surface area (Å²) < 4.78 is 0.